The average Bonchev–Trinajstić information content (AvgIpc) is 2.62. The van der Waals surface area contributed by atoms with Crippen LogP contribution in [0.2, 0.25) is 0 Å². The van der Waals surface area contributed by atoms with E-state index in [0.29, 0.717) is 11.4 Å². The number of carbonyl (C=O) groups is 2. The standard InChI is InChI=1S/C20H22FN3O2/c1-13(2)20(14-7-9-15(21)10-8-14)22-11-19(26)24-12-18(25)23-16-5-3-4-6-17(16)24/h3-10,13,20,22H,11-12H2,1-2H3,(H,23,25)/p+1/t20-/m0/s1. The van der Waals surface area contributed by atoms with Crippen molar-refractivity contribution in [3.63, 3.8) is 0 Å². The van der Waals surface area contributed by atoms with Crippen molar-refractivity contribution in [2.75, 3.05) is 23.3 Å². The fourth-order valence-electron chi connectivity index (χ4n) is 3.27. The molecule has 6 heteroatoms. The Hall–Kier alpha value is -2.73. The Bertz CT molecular complexity index is 805. The molecule has 5 nitrogen and oxygen atoms in total. The second-order valence-electron chi connectivity index (χ2n) is 6.81. The molecule has 0 aromatic heterocycles. The Kier molecular flexibility index (Phi) is 5.32. The summed E-state index contributed by atoms with van der Waals surface area (Å²) in [6.45, 7) is 4.37. The molecule has 0 bridgehead atoms. The van der Waals surface area contributed by atoms with E-state index < -0.39 is 0 Å². The minimum Gasteiger partial charge on any atom is -0.332 e. The fraction of sp³-hybridized carbons (Fsp3) is 0.300. The van der Waals surface area contributed by atoms with Gasteiger partial charge in [-0.15, -0.1) is 0 Å². The number of amides is 2. The van der Waals surface area contributed by atoms with Gasteiger partial charge in [0.2, 0.25) is 5.91 Å². The first-order valence-electron chi connectivity index (χ1n) is 8.73. The van der Waals surface area contributed by atoms with E-state index in [2.05, 4.69) is 19.2 Å². The number of nitrogens with two attached hydrogens (primary N) is 1. The predicted molar refractivity (Wildman–Crippen MR) is 98.2 cm³/mol. The van der Waals surface area contributed by atoms with Crippen LogP contribution in [0.5, 0.6) is 0 Å². The second-order valence-corrected chi connectivity index (χ2v) is 6.81. The Labute approximate surface area is 152 Å². The summed E-state index contributed by atoms with van der Waals surface area (Å²) < 4.78 is 13.2. The van der Waals surface area contributed by atoms with Crippen molar-refractivity contribution in [1.29, 1.82) is 0 Å². The largest absolute Gasteiger partial charge is 0.332 e. The third-order valence-electron chi connectivity index (χ3n) is 4.59. The Morgan fingerprint density at radius 1 is 1.19 bits per heavy atom. The van der Waals surface area contributed by atoms with Crippen LogP contribution in [-0.4, -0.2) is 24.9 Å². The molecule has 0 saturated carbocycles. The summed E-state index contributed by atoms with van der Waals surface area (Å²) in [4.78, 5) is 26.2. The van der Waals surface area contributed by atoms with Gasteiger partial charge in [-0.25, -0.2) is 4.39 Å². The van der Waals surface area contributed by atoms with Crippen molar-refractivity contribution < 1.29 is 19.3 Å². The topological polar surface area (TPSA) is 66.0 Å². The smallest absolute Gasteiger partial charge is 0.282 e. The number of quaternary nitrogens is 1. The Balaban J connectivity index is 1.73. The second kappa shape index (κ2) is 7.66. The average molecular weight is 356 g/mol. The van der Waals surface area contributed by atoms with Gasteiger partial charge in [0.15, 0.2) is 6.54 Å². The molecule has 1 aliphatic rings. The van der Waals surface area contributed by atoms with Gasteiger partial charge in [-0.1, -0.05) is 38.1 Å². The third kappa shape index (κ3) is 3.91. The lowest BCUT2D eigenvalue weighted by molar-refractivity contribution is -0.692. The van der Waals surface area contributed by atoms with E-state index in [1.54, 1.807) is 18.2 Å². The predicted octanol–water partition coefficient (Wildman–Crippen LogP) is 2.07. The molecule has 1 aliphatic heterocycles. The molecule has 2 amide bonds. The zero-order chi connectivity index (χ0) is 18.7. The summed E-state index contributed by atoms with van der Waals surface area (Å²) in [5.41, 5.74) is 2.34. The summed E-state index contributed by atoms with van der Waals surface area (Å²) in [5.74, 6) is -0.329. The number of anilines is 2. The highest BCUT2D eigenvalue weighted by molar-refractivity contribution is 6.10. The minimum atomic E-state index is -0.275. The first-order valence-corrected chi connectivity index (χ1v) is 8.73. The summed E-state index contributed by atoms with van der Waals surface area (Å²) in [6, 6.07) is 13.7. The van der Waals surface area contributed by atoms with Crippen molar-refractivity contribution >= 4 is 23.2 Å². The van der Waals surface area contributed by atoms with E-state index in [1.807, 2.05) is 23.5 Å². The highest BCUT2D eigenvalue weighted by Gasteiger charge is 2.29. The van der Waals surface area contributed by atoms with Crippen molar-refractivity contribution in [3.8, 4) is 0 Å². The zero-order valence-corrected chi connectivity index (χ0v) is 14.9. The molecule has 2 aromatic carbocycles. The number of nitrogens with one attached hydrogen (secondary N) is 1. The molecule has 26 heavy (non-hydrogen) atoms. The Morgan fingerprint density at radius 2 is 1.88 bits per heavy atom. The monoisotopic (exact) mass is 356 g/mol. The van der Waals surface area contributed by atoms with E-state index in [0.717, 1.165) is 5.56 Å². The SMILES string of the molecule is CC(C)[C@H]([NH2+]CC(=O)N1CC(=O)Nc2ccccc21)c1ccc(F)cc1. The first kappa shape index (κ1) is 18.1. The maximum absolute atomic E-state index is 13.2. The fourth-order valence-corrected chi connectivity index (χ4v) is 3.27. The number of rotatable bonds is 5. The minimum absolute atomic E-state index is 0.0204. The number of para-hydroxylation sites is 2. The first-order chi connectivity index (χ1) is 12.5. The molecule has 2 aromatic rings. The van der Waals surface area contributed by atoms with Crippen molar-refractivity contribution in [1.82, 2.24) is 0 Å². The Morgan fingerprint density at radius 3 is 2.58 bits per heavy atom. The van der Waals surface area contributed by atoms with Gasteiger partial charge in [0.1, 0.15) is 18.4 Å². The van der Waals surface area contributed by atoms with Gasteiger partial charge in [0, 0.05) is 11.5 Å². The van der Waals surface area contributed by atoms with Crippen molar-refractivity contribution in [3.05, 3.63) is 59.9 Å². The third-order valence-corrected chi connectivity index (χ3v) is 4.59. The van der Waals surface area contributed by atoms with E-state index in [1.165, 1.54) is 17.0 Å². The molecule has 3 N–H and O–H groups in total. The van der Waals surface area contributed by atoms with Gasteiger partial charge in [0.25, 0.3) is 5.91 Å². The number of halogens is 1. The van der Waals surface area contributed by atoms with Crippen LogP contribution in [0.1, 0.15) is 25.5 Å². The van der Waals surface area contributed by atoms with Crippen LogP contribution >= 0.6 is 0 Å². The van der Waals surface area contributed by atoms with Gasteiger partial charge >= 0.3 is 0 Å². The maximum atomic E-state index is 13.2. The normalized spacial score (nSPS) is 14.8. The van der Waals surface area contributed by atoms with Gasteiger partial charge in [0.05, 0.1) is 11.4 Å². The molecule has 136 valence electrons. The number of benzene rings is 2. The molecule has 0 fully saturated rings. The molecule has 3 rings (SSSR count). The van der Waals surface area contributed by atoms with Gasteiger partial charge < -0.3 is 10.6 Å². The lowest BCUT2D eigenvalue weighted by Gasteiger charge is -2.29. The molecular formula is C20H23FN3O2+. The number of hydrogen-bond acceptors (Lipinski definition) is 2. The van der Waals surface area contributed by atoms with Crippen LogP contribution < -0.4 is 15.5 Å². The van der Waals surface area contributed by atoms with Gasteiger partial charge in [-0.2, -0.15) is 0 Å². The summed E-state index contributed by atoms with van der Waals surface area (Å²) in [6.07, 6.45) is 0. The lowest BCUT2D eigenvalue weighted by Crippen LogP contribution is -2.88. The number of hydrogen-bond donors (Lipinski definition) is 2. The van der Waals surface area contributed by atoms with E-state index in [9.17, 15) is 14.0 Å². The quantitative estimate of drug-likeness (QED) is 0.861. The van der Waals surface area contributed by atoms with Gasteiger partial charge in [-0.3, -0.25) is 14.5 Å². The molecule has 1 heterocycles. The molecule has 0 aliphatic carbocycles. The zero-order valence-electron chi connectivity index (χ0n) is 14.9. The lowest BCUT2D eigenvalue weighted by atomic mass is 9.96. The van der Waals surface area contributed by atoms with E-state index >= 15 is 0 Å². The number of nitrogens with zero attached hydrogens (tertiary/aromatic N) is 1. The van der Waals surface area contributed by atoms with E-state index in [-0.39, 0.29) is 42.7 Å². The van der Waals surface area contributed by atoms with Crippen LogP contribution in [-0.2, 0) is 9.59 Å². The van der Waals surface area contributed by atoms with Crippen LogP contribution in [0.25, 0.3) is 0 Å². The highest BCUT2D eigenvalue weighted by atomic mass is 19.1. The molecule has 1 atom stereocenters. The van der Waals surface area contributed by atoms with Crippen molar-refractivity contribution in [2.24, 2.45) is 5.92 Å². The summed E-state index contributed by atoms with van der Waals surface area (Å²) in [5, 5.41) is 4.73. The molecule has 0 unspecified atom stereocenters. The van der Waals surface area contributed by atoms with Crippen molar-refractivity contribution in [2.45, 2.75) is 19.9 Å². The maximum Gasteiger partial charge on any atom is 0.282 e. The van der Waals surface area contributed by atoms with Crippen LogP contribution in [0.4, 0.5) is 15.8 Å². The van der Waals surface area contributed by atoms with Crippen LogP contribution in [0, 0.1) is 11.7 Å². The number of fused-ring (bicyclic) bond motifs is 1. The van der Waals surface area contributed by atoms with Gasteiger partial charge in [-0.05, 0) is 24.3 Å². The van der Waals surface area contributed by atoms with E-state index in [4.69, 9.17) is 0 Å². The molecule has 0 radical (unpaired) electrons. The van der Waals surface area contributed by atoms with Crippen LogP contribution in [0.15, 0.2) is 48.5 Å². The highest BCUT2D eigenvalue weighted by Crippen LogP contribution is 2.28. The van der Waals surface area contributed by atoms with Crippen LogP contribution in [0.3, 0.4) is 0 Å². The summed E-state index contributed by atoms with van der Waals surface area (Å²) >= 11 is 0. The molecule has 0 spiro atoms. The summed E-state index contributed by atoms with van der Waals surface area (Å²) in [7, 11) is 0. The number of carbonyl (C=O) groups excluding carboxylic acids is 2. The molecule has 0 saturated heterocycles. The molecular weight excluding hydrogens is 333 g/mol.